The molecule has 0 aliphatic rings. The third-order valence-corrected chi connectivity index (χ3v) is 3.10. The van der Waals surface area contributed by atoms with E-state index < -0.39 is 5.82 Å². The van der Waals surface area contributed by atoms with Gasteiger partial charge in [0.15, 0.2) is 5.82 Å². The molecular weight excluding hydrogens is 257 g/mol. The monoisotopic (exact) mass is 269 g/mol. The van der Waals surface area contributed by atoms with Gasteiger partial charge in [-0.05, 0) is 36.8 Å². The van der Waals surface area contributed by atoms with Crippen LogP contribution in [0.2, 0.25) is 0 Å². The lowest BCUT2D eigenvalue weighted by Gasteiger charge is -2.08. The van der Waals surface area contributed by atoms with Crippen LogP contribution in [0.1, 0.15) is 5.56 Å². The molecule has 2 aromatic carbocycles. The number of nitrogen functional groups attached to an aromatic ring is 1. The maximum Gasteiger partial charge on any atom is 0.168 e. The largest absolute Gasteiger partial charge is 0.507 e. The molecule has 0 fully saturated rings. The highest BCUT2D eigenvalue weighted by Crippen LogP contribution is 2.31. The van der Waals surface area contributed by atoms with Gasteiger partial charge < -0.3 is 10.8 Å². The van der Waals surface area contributed by atoms with Crippen LogP contribution in [-0.4, -0.2) is 15.1 Å². The van der Waals surface area contributed by atoms with Crippen molar-refractivity contribution in [2.45, 2.75) is 6.92 Å². The van der Waals surface area contributed by atoms with Gasteiger partial charge in [-0.1, -0.05) is 12.1 Å². The molecule has 20 heavy (non-hydrogen) atoms. The summed E-state index contributed by atoms with van der Waals surface area (Å²) in [6, 6.07) is 9.62. The van der Waals surface area contributed by atoms with Crippen LogP contribution in [0.15, 0.2) is 36.4 Å². The maximum atomic E-state index is 13.9. The molecule has 100 valence electrons. The second kappa shape index (κ2) is 4.45. The van der Waals surface area contributed by atoms with E-state index >= 15 is 0 Å². The summed E-state index contributed by atoms with van der Waals surface area (Å²) in [4.78, 5) is 8.39. The minimum Gasteiger partial charge on any atom is -0.507 e. The second-order valence-electron chi connectivity index (χ2n) is 4.59. The normalized spacial score (nSPS) is 10.9. The van der Waals surface area contributed by atoms with Crippen molar-refractivity contribution < 1.29 is 9.50 Å². The number of rotatable bonds is 1. The van der Waals surface area contributed by atoms with E-state index in [4.69, 9.17) is 5.73 Å². The summed E-state index contributed by atoms with van der Waals surface area (Å²) < 4.78 is 13.9. The highest BCUT2D eigenvalue weighted by Gasteiger charge is 2.15. The number of aryl methyl sites for hydroxylation is 1. The van der Waals surface area contributed by atoms with Crippen molar-refractivity contribution >= 4 is 16.7 Å². The Bertz CT molecular complexity index is 797. The predicted molar refractivity (Wildman–Crippen MR) is 75.7 cm³/mol. The number of aromatic nitrogens is 2. The molecule has 0 aliphatic heterocycles. The van der Waals surface area contributed by atoms with Crippen molar-refractivity contribution in [3.63, 3.8) is 0 Å². The number of phenols is 1. The van der Waals surface area contributed by atoms with Gasteiger partial charge in [0.25, 0.3) is 0 Å². The summed E-state index contributed by atoms with van der Waals surface area (Å²) in [5, 5.41) is 10.5. The van der Waals surface area contributed by atoms with Crippen LogP contribution in [0.25, 0.3) is 22.3 Å². The van der Waals surface area contributed by atoms with Crippen LogP contribution in [0.4, 0.5) is 10.2 Å². The molecule has 3 N–H and O–H groups in total. The van der Waals surface area contributed by atoms with E-state index in [0.717, 1.165) is 5.56 Å². The number of nitrogens with two attached hydrogens (primary N) is 1. The molecule has 0 radical (unpaired) electrons. The number of hydrogen-bond acceptors (Lipinski definition) is 4. The SMILES string of the molecule is Cc1ccc2c(N)nc(-c3c(O)cccc3F)nc2c1. The minimum absolute atomic E-state index is 0.0393. The minimum atomic E-state index is -0.587. The summed E-state index contributed by atoms with van der Waals surface area (Å²) in [6.45, 7) is 1.93. The molecule has 1 heterocycles. The Balaban J connectivity index is 2.32. The molecule has 1 aromatic heterocycles. The molecule has 0 amide bonds. The molecule has 5 heteroatoms. The fraction of sp³-hybridized carbons (Fsp3) is 0.0667. The van der Waals surface area contributed by atoms with Crippen LogP contribution >= 0.6 is 0 Å². The number of anilines is 1. The number of fused-ring (bicyclic) bond motifs is 1. The highest BCUT2D eigenvalue weighted by atomic mass is 19.1. The predicted octanol–water partition coefficient (Wildman–Crippen LogP) is 3.03. The summed E-state index contributed by atoms with van der Waals surface area (Å²) in [6.07, 6.45) is 0. The fourth-order valence-corrected chi connectivity index (χ4v) is 2.11. The fourth-order valence-electron chi connectivity index (χ4n) is 2.11. The van der Waals surface area contributed by atoms with Crippen molar-refractivity contribution in [3.05, 3.63) is 47.8 Å². The van der Waals surface area contributed by atoms with Crippen LogP contribution in [0.5, 0.6) is 5.75 Å². The Morgan fingerprint density at radius 2 is 1.95 bits per heavy atom. The highest BCUT2D eigenvalue weighted by molar-refractivity contribution is 5.90. The summed E-state index contributed by atoms with van der Waals surface area (Å²) in [5.41, 5.74) is 7.48. The van der Waals surface area contributed by atoms with E-state index in [2.05, 4.69) is 9.97 Å². The summed E-state index contributed by atoms with van der Waals surface area (Å²) in [5.74, 6) is -0.461. The zero-order valence-corrected chi connectivity index (χ0v) is 10.8. The van der Waals surface area contributed by atoms with E-state index in [-0.39, 0.29) is 23.0 Å². The first kappa shape index (κ1) is 12.3. The van der Waals surface area contributed by atoms with Crippen LogP contribution in [0.3, 0.4) is 0 Å². The molecule has 3 rings (SSSR count). The first-order valence-electron chi connectivity index (χ1n) is 6.08. The lowest BCUT2D eigenvalue weighted by molar-refractivity contribution is 0.471. The van der Waals surface area contributed by atoms with Crippen LogP contribution in [-0.2, 0) is 0 Å². The van der Waals surface area contributed by atoms with Gasteiger partial charge in [-0.2, -0.15) is 0 Å². The van der Waals surface area contributed by atoms with E-state index in [1.807, 2.05) is 25.1 Å². The molecule has 0 saturated heterocycles. The zero-order chi connectivity index (χ0) is 14.3. The number of nitrogens with zero attached hydrogens (tertiary/aromatic N) is 2. The lowest BCUT2D eigenvalue weighted by Crippen LogP contribution is -1.99. The number of aromatic hydroxyl groups is 1. The molecule has 0 atom stereocenters. The first-order valence-corrected chi connectivity index (χ1v) is 6.08. The quantitative estimate of drug-likeness (QED) is 0.712. The third kappa shape index (κ3) is 1.93. The van der Waals surface area contributed by atoms with Crippen LogP contribution in [0, 0.1) is 12.7 Å². The summed E-state index contributed by atoms with van der Waals surface area (Å²) in [7, 11) is 0. The van der Waals surface area contributed by atoms with E-state index in [1.54, 1.807) is 0 Å². The molecule has 3 aromatic rings. The van der Waals surface area contributed by atoms with Crippen molar-refractivity contribution in [2.24, 2.45) is 0 Å². The Kier molecular flexibility index (Phi) is 2.75. The Morgan fingerprint density at radius 3 is 2.70 bits per heavy atom. The van der Waals surface area contributed by atoms with Crippen LogP contribution < -0.4 is 5.73 Å². The molecule has 0 saturated carbocycles. The molecule has 0 aliphatic carbocycles. The molecule has 0 spiro atoms. The average molecular weight is 269 g/mol. The Hall–Kier alpha value is -2.69. The lowest BCUT2D eigenvalue weighted by atomic mass is 10.1. The average Bonchev–Trinajstić information content (AvgIpc) is 2.38. The number of phenolic OH excluding ortho intramolecular Hbond substituents is 1. The van der Waals surface area contributed by atoms with Crippen molar-refractivity contribution in [3.8, 4) is 17.1 Å². The standard InChI is InChI=1S/C15H12FN3O/c1-8-5-6-9-11(7-8)18-15(19-14(9)17)13-10(16)3-2-4-12(13)20/h2-7,20H,1H3,(H2,17,18,19). The van der Waals surface area contributed by atoms with Gasteiger partial charge in [0.1, 0.15) is 17.4 Å². The smallest absolute Gasteiger partial charge is 0.168 e. The third-order valence-electron chi connectivity index (χ3n) is 3.10. The van der Waals surface area contributed by atoms with Crippen molar-refractivity contribution in [1.82, 2.24) is 9.97 Å². The van der Waals surface area contributed by atoms with Gasteiger partial charge in [0.2, 0.25) is 0 Å². The van der Waals surface area contributed by atoms with Crippen molar-refractivity contribution in [1.29, 1.82) is 0 Å². The summed E-state index contributed by atoms with van der Waals surface area (Å²) >= 11 is 0. The van der Waals surface area contributed by atoms with Crippen molar-refractivity contribution in [2.75, 3.05) is 5.73 Å². The Morgan fingerprint density at radius 1 is 1.15 bits per heavy atom. The second-order valence-corrected chi connectivity index (χ2v) is 4.59. The number of hydrogen-bond donors (Lipinski definition) is 2. The number of halogens is 1. The topological polar surface area (TPSA) is 72.0 Å². The maximum absolute atomic E-state index is 13.9. The van der Waals surface area contributed by atoms with Gasteiger partial charge in [0, 0.05) is 5.39 Å². The van der Waals surface area contributed by atoms with Gasteiger partial charge in [-0.25, -0.2) is 14.4 Å². The molecule has 4 nitrogen and oxygen atoms in total. The zero-order valence-electron chi connectivity index (χ0n) is 10.8. The van der Waals surface area contributed by atoms with Gasteiger partial charge in [0.05, 0.1) is 11.1 Å². The van der Waals surface area contributed by atoms with E-state index in [9.17, 15) is 9.50 Å². The number of benzene rings is 2. The molecule has 0 unspecified atom stereocenters. The van der Waals surface area contributed by atoms with E-state index in [0.29, 0.717) is 10.9 Å². The Labute approximate surface area is 114 Å². The molecular formula is C15H12FN3O. The van der Waals surface area contributed by atoms with Gasteiger partial charge in [-0.15, -0.1) is 0 Å². The first-order chi connectivity index (χ1) is 9.56. The molecule has 0 bridgehead atoms. The van der Waals surface area contributed by atoms with Gasteiger partial charge in [-0.3, -0.25) is 0 Å². The van der Waals surface area contributed by atoms with Gasteiger partial charge >= 0.3 is 0 Å². The van der Waals surface area contributed by atoms with E-state index in [1.165, 1.54) is 18.2 Å².